The van der Waals surface area contributed by atoms with Gasteiger partial charge in [0.05, 0.1) is 23.2 Å². The lowest BCUT2D eigenvalue weighted by molar-refractivity contribution is -0.122. The molecule has 4 aromatic heterocycles. The fourth-order valence-electron chi connectivity index (χ4n) is 4.70. The van der Waals surface area contributed by atoms with Crippen molar-refractivity contribution >= 4 is 38.4 Å². The Hall–Kier alpha value is -3.28. The van der Waals surface area contributed by atoms with E-state index < -0.39 is 33.4 Å². The Morgan fingerprint density at radius 2 is 1.89 bits per heavy atom. The lowest BCUT2D eigenvalue weighted by atomic mass is 9.99. The number of carbonyl (C=O) groups is 1. The van der Waals surface area contributed by atoms with E-state index in [1.165, 1.54) is 25.3 Å². The molecule has 1 saturated heterocycles. The minimum Gasteiger partial charge on any atom is -0.443 e. The van der Waals surface area contributed by atoms with Gasteiger partial charge < -0.3 is 4.42 Å². The first-order chi connectivity index (χ1) is 18.1. The number of hydrogen-bond acceptors (Lipinski definition) is 8. The zero-order valence-corrected chi connectivity index (χ0v) is 22.5. The maximum Gasteiger partial charge on any atom is 0.277 e. The largest absolute Gasteiger partial charge is 0.443 e. The molecule has 1 aliphatic rings. The molecule has 5 heterocycles. The number of aromatic nitrogens is 4. The number of hydrogen-bond donors (Lipinski definition) is 0. The van der Waals surface area contributed by atoms with Gasteiger partial charge in [0.1, 0.15) is 22.7 Å². The average molecular weight is 558 g/mol. The highest BCUT2D eigenvalue weighted by Gasteiger charge is 2.49. The molecule has 3 atom stereocenters. The molecular formula is C26H25ClFN5O4S. The Morgan fingerprint density at radius 3 is 2.61 bits per heavy atom. The van der Waals surface area contributed by atoms with Gasteiger partial charge in [0.25, 0.3) is 10.0 Å². The Kier molecular flexibility index (Phi) is 7.01. The average Bonchev–Trinajstić information content (AvgIpc) is 3.47. The van der Waals surface area contributed by atoms with E-state index in [0.29, 0.717) is 23.3 Å². The normalized spacial score (nSPS) is 20.3. The maximum atomic E-state index is 14.8. The van der Waals surface area contributed by atoms with Gasteiger partial charge >= 0.3 is 0 Å². The number of sulfonamides is 1. The van der Waals surface area contributed by atoms with E-state index in [1.54, 1.807) is 25.5 Å². The highest BCUT2D eigenvalue weighted by molar-refractivity contribution is 7.89. The zero-order valence-electron chi connectivity index (χ0n) is 20.9. The first-order valence-corrected chi connectivity index (χ1v) is 13.9. The first kappa shape index (κ1) is 26.3. The Bertz CT molecular complexity index is 1630. The zero-order chi connectivity index (χ0) is 27.2. The van der Waals surface area contributed by atoms with Gasteiger partial charge in [0.15, 0.2) is 5.78 Å². The van der Waals surface area contributed by atoms with Gasteiger partial charge in [-0.1, -0.05) is 11.6 Å². The summed E-state index contributed by atoms with van der Waals surface area (Å²) in [6.45, 7) is 5.13. The minimum absolute atomic E-state index is 0.0285. The number of alkyl halides is 1. The summed E-state index contributed by atoms with van der Waals surface area (Å²) in [6, 6.07) is 2.43. The third-order valence-corrected chi connectivity index (χ3v) is 9.04. The summed E-state index contributed by atoms with van der Waals surface area (Å²) in [5, 5.41) is 0.000696. The van der Waals surface area contributed by atoms with Gasteiger partial charge in [-0.05, 0) is 50.5 Å². The molecule has 0 saturated carbocycles. The number of fused-ring (bicyclic) bond motifs is 1. The number of carbonyl (C=O) groups excluding carboxylic acids is 1. The number of ketones is 1. The second-order valence-electron chi connectivity index (χ2n) is 9.40. The van der Waals surface area contributed by atoms with Crippen molar-refractivity contribution in [3.05, 3.63) is 65.1 Å². The van der Waals surface area contributed by atoms with Crippen molar-refractivity contribution < 1.29 is 22.0 Å². The smallest absolute Gasteiger partial charge is 0.277 e. The van der Waals surface area contributed by atoms with Gasteiger partial charge in [0, 0.05) is 49.3 Å². The summed E-state index contributed by atoms with van der Waals surface area (Å²) >= 11 is 6.08. The van der Waals surface area contributed by atoms with E-state index in [9.17, 15) is 17.6 Å². The molecule has 0 bridgehead atoms. The molecule has 4 aromatic rings. The van der Waals surface area contributed by atoms with Crippen LogP contribution in [0.4, 0.5) is 4.39 Å². The first-order valence-electron chi connectivity index (χ1n) is 12.0. The Labute approximate surface area is 224 Å². The van der Waals surface area contributed by atoms with E-state index in [0.717, 1.165) is 21.0 Å². The Balaban J connectivity index is 1.39. The monoisotopic (exact) mass is 557 g/mol. The third kappa shape index (κ3) is 4.81. The molecule has 0 spiro atoms. The van der Waals surface area contributed by atoms with E-state index in [2.05, 4.69) is 19.9 Å². The molecule has 0 N–H and O–H groups in total. The summed E-state index contributed by atoms with van der Waals surface area (Å²) < 4.78 is 48.5. The molecule has 12 heteroatoms. The summed E-state index contributed by atoms with van der Waals surface area (Å²) in [6.07, 6.45) is 5.12. The van der Waals surface area contributed by atoms with Crippen molar-refractivity contribution in [2.75, 3.05) is 0 Å². The standard InChI is InChI=1S/C26H25ClFN5O4S/c1-14-11-32-21(18-12-30-16(3)31-13-18)8-17(14)4-5-23(34)22-10-20(28)15(2)33(22)38(35,36)25-9-19-24(37-25)6-7-29-26(19)27/h6-9,11-13,15,20,22H,4-5,10H2,1-3H3/t15-,20+,22-/m0/s1. The van der Waals surface area contributed by atoms with Crippen LogP contribution in [-0.2, 0) is 21.2 Å². The van der Waals surface area contributed by atoms with Gasteiger partial charge in [-0.25, -0.2) is 27.8 Å². The minimum atomic E-state index is -4.34. The van der Waals surface area contributed by atoms with Crippen LogP contribution in [0.3, 0.4) is 0 Å². The lowest BCUT2D eigenvalue weighted by Crippen LogP contribution is -2.44. The summed E-state index contributed by atoms with van der Waals surface area (Å²) in [5.74, 6) is 0.276. The molecule has 1 aliphatic heterocycles. The molecule has 0 radical (unpaired) electrons. The van der Waals surface area contributed by atoms with Crippen molar-refractivity contribution in [3.63, 3.8) is 0 Å². The van der Waals surface area contributed by atoms with Crippen LogP contribution < -0.4 is 0 Å². The maximum absolute atomic E-state index is 14.8. The number of furan rings is 1. The lowest BCUT2D eigenvalue weighted by Gasteiger charge is -2.25. The van der Waals surface area contributed by atoms with E-state index >= 15 is 0 Å². The van der Waals surface area contributed by atoms with Crippen LogP contribution in [0.25, 0.3) is 22.2 Å². The molecule has 0 aliphatic carbocycles. The number of halogens is 2. The van der Waals surface area contributed by atoms with E-state index in [1.807, 2.05) is 13.0 Å². The predicted molar refractivity (Wildman–Crippen MR) is 139 cm³/mol. The number of aryl methyl sites for hydroxylation is 3. The van der Waals surface area contributed by atoms with Crippen molar-refractivity contribution in [3.8, 4) is 11.3 Å². The van der Waals surface area contributed by atoms with Gasteiger partial charge in [-0.3, -0.25) is 9.78 Å². The van der Waals surface area contributed by atoms with E-state index in [-0.39, 0.29) is 29.4 Å². The molecule has 5 rings (SSSR count). The van der Waals surface area contributed by atoms with Gasteiger partial charge in [-0.2, -0.15) is 4.31 Å². The Morgan fingerprint density at radius 1 is 1.16 bits per heavy atom. The molecule has 0 aromatic carbocycles. The van der Waals surface area contributed by atoms with Crippen molar-refractivity contribution in [2.24, 2.45) is 0 Å². The third-order valence-electron chi connectivity index (χ3n) is 6.89. The second-order valence-corrected chi connectivity index (χ2v) is 11.5. The van der Waals surface area contributed by atoms with Crippen LogP contribution in [0.1, 0.15) is 36.7 Å². The highest BCUT2D eigenvalue weighted by Crippen LogP contribution is 2.36. The van der Waals surface area contributed by atoms with Crippen LogP contribution in [0.2, 0.25) is 5.15 Å². The molecule has 198 valence electrons. The van der Waals surface area contributed by atoms with E-state index in [4.69, 9.17) is 16.0 Å². The van der Waals surface area contributed by atoms with Gasteiger partial charge in [-0.15, -0.1) is 0 Å². The molecule has 38 heavy (non-hydrogen) atoms. The number of rotatable bonds is 7. The summed E-state index contributed by atoms with van der Waals surface area (Å²) in [4.78, 5) is 30.1. The molecule has 0 amide bonds. The number of pyridine rings is 2. The highest BCUT2D eigenvalue weighted by atomic mass is 35.5. The van der Waals surface area contributed by atoms with Gasteiger partial charge in [0.2, 0.25) is 5.09 Å². The number of nitrogens with zero attached hydrogens (tertiary/aromatic N) is 5. The van der Waals surface area contributed by atoms with Crippen molar-refractivity contribution in [1.82, 2.24) is 24.2 Å². The summed E-state index contributed by atoms with van der Waals surface area (Å²) in [7, 11) is -4.34. The van der Waals surface area contributed by atoms with Crippen LogP contribution >= 0.6 is 11.6 Å². The molecule has 9 nitrogen and oxygen atoms in total. The quantitative estimate of drug-likeness (QED) is 0.301. The van der Waals surface area contributed by atoms with Crippen LogP contribution in [0.5, 0.6) is 0 Å². The van der Waals surface area contributed by atoms with Crippen LogP contribution in [0, 0.1) is 13.8 Å². The fraction of sp³-hybridized carbons (Fsp3) is 0.346. The van der Waals surface area contributed by atoms with Crippen LogP contribution in [-0.4, -0.2) is 56.7 Å². The van der Waals surface area contributed by atoms with Crippen LogP contribution in [0.15, 0.2) is 52.5 Å². The second kappa shape index (κ2) is 10.1. The SMILES string of the molecule is Cc1ncc(-c2cc(CCC(=O)[C@@H]3C[C@@H](F)[C@H](C)N3S(=O)(=O)c3cc4c(Cl)nccc4o3)c(C)cn2)cn1. The topological polar surface area (TPSA) is 119 Å². The van der Waals surface area contributed by atoms with Crippen molar-refractivity contribution in [2.45, 2.75) is 63.4 Å². The number of Topliss-reactive ketones (excluding diaryl/α,β-unsaturated/α-hetero) is 1. The molecule has 1 fully saturated rings. The fourth-order valence-corrected chi connectivity index (χ4v) is 6.68. The molecule has 0 unspecified atom stereocenters. The molecular weight excluding hydrogens is 533 g/mol. The summed E-state index contributed by atoms with van der Waals surface area (Å²) in [5.41, 5.74) is 3.40. The van der Waals surface area contributed by atoms with Crippen molar-refractivity contribution in [1.29, 1.82) is 0 Å². The predicted octanol–water partition coefficient (Wildman–Crippen LogP) is 4.64.